The second-order valence-electron chi connectivity index (χ2n) is 5.83. The van der Waals surface area contributed by atoms with Crippen LogP contribution in [0.3, 0.4) is 0 Å². The molecule has 108 valence electrons. The van der Waals surface area contributed by atoms with Crippen LogP contribution in [-0.2, 0) is 9.59 Å². The van der Waals surface area contributed by atoms with Gasteiger partial charge in [-0.1, -0.05) is 0 Å². The molecule has 0 aliphatic carbocycles. The summed E-state index contributed by atoms with van der Waals surface area (Å²) < 4.78 is 0. The first kappa shape index (κ1) is 14.3. The van der Waals surface area contributed by atoms with Crippen molar-refractivity contribution in [2.45, 2.75) is 18.9 Å². The Bertz CT molecular complexity index is 359. The molecule has 0 saturated carbocycles. The van der Waals surface area contributed by atoms with Gasteiger partial charge >= 0.3 is 5.97 Å². The summed E-state index contributed by atoms with van der Waals surface area (Å²) in [6.45, 7) is 4.29. The summed E-state index contributed by atoms with van der Waals surface area (Å²) in [6.07, 6.45) is 1.13. The molecule has 2 fully saturated rings. The molecule has 0 spiro atoms. The Morgan fingerprint density at radius 2 is 2.16 bits per heavy atom. The van der Waals surface area contributed by atoms with E-state index >= 15 is 0 Å². The largest absolute Gasteiger partial charge is 0.481 e. The van der Waals surface area contributed by atoms with Crippen molar-refractivity contribution in [3.05, 3.63) is 0 Å². The third-order valence-electron chi connectivity index (χ3n) is 4.06. The van der Waals surface area contributed by atoms with E-state index in [2.05, 4.69) is 23.9 Å². The van der Waals surface area contributed by atoms with Gasteiger partial charge < -0.3 is 14.9 Å². The highest BCUT2D eigenvalue weighted by atomic mass is 16.4. The lowest BCUT2D eigenvalue weighted by Gasteiger charge is -2.25. The molecule has 2 unspecified atom stereocenters. The zero-order chi connectivity index (χ0) is 14.0. The van der Waals surface area contributed by atoms with Crippen LogP contribution in [0.5, 0.6) is 0 Å². The van der Waals surface area contributed by atoms with Crippen LogP contribution in [-0.4, -0.2) is 84.5 Å². The number of aliphatic carboxylic acids is 1. The molecule has 0 aromatic carbocycles. The molecule has 2 heterocycles. The number of likely N-dealkylation sites (N-methyl/N-ethyl adjacent to an activating group) is 1. The number of carboxylic acids is 1. The molecule has 0 radical (unpaired) electrons. The molecule has 0 aromatic rings. The SMILES string of the molecule is CN(C)CCN1CCC(N2CC(C(=O)O)CC2=O)C1. The maximum atomic E-state index is 11.9. The van der Waals surface area contributed by atoms with Gasteiger partial charge in [0.25, 0.3) is 0 Å². The highest BCUT2D eigenvalue weighted by Gasteiger charge is 2.39. The number of rotatable bonds is 5. The smallest absolute Gasteiger partial charge is 0.308 e. The number of likely N-dealkylation sites (tertiary alicyclic amines) is 2. The van der Waals surface area contributed by atoms with Crippen molar-refractivity contribution in [2.24, 2.45) is 5.92 Å². The van der Waals surface area contributed by atoms with Crippen molar-refractivity contribution in [3.63, 3.8) is 0 Å². The van der Waals surface area contributed by atoms with Gasteiger partial charge in [-0.05, 0) is 20.5 Å². The summed E-state index contributed by atoms with van der Waals surface area (Å²) >= 11 is 0. The van der Waals surface area contributed by atoms with Crippen molar-refractivity contribution in [1.82, 2.24) is 14.7 Å². The number of hydrogen-bond acceptors (Lipinski definition) is 4. The minimum Gasteiger partial charge on any atom is -0.481 e. The van der Waals surface area contributed by atoms with Gasteiger partial charge in [-0.25, -0.2) is 0 Å². The number of nitrogens with zero attached hydrogens (tertiary/aromatic N) is 3. The fourth-order valence-corrected chi connectivity index (χ4v) is 2.86. The van der Waals surface area contributed by atoms with Crippen LogP contribution in [0.2, 0.25) is 0 Å². The van der Waals surface area contributed by atoms with Crippen LogP contribution < -0.4 is 0 Å². The van der Waals surface area contributed by atoms with Crippen molar-refractivity contribution < 1.29 is 14.7 Å². The quantitative estimate of drug-likeness (QED) is 0.733. The average molecular weight is 269 g/mol. The predicted molar refractivity (Wildman–Crippen MR) is 70.9 cm³/mol. The topological polar surface area (TPSA) is 64.1 Å². The lowest BCUT2D eigenvalue weighted by molar-refractivity contribution is -0.141. The molecule has 0 bridgehead atoms. The van der Waals surface area contributed by atoms with Crippen LogP contribution >= 0.6 is 0 Å². The Morgan fingerprint density at radius 3 is 2.74 bits per heavy atom. The van der Waals surface area contributed by atoms with Gasteiger partial charge in [-0.3, -0.25) is 14.5 Å². The van der Waals surface area contributed by atoms with E-state index < -0.39 is 11.9 Å². The van der Waals surface area contributed by atoms with Crippen molar-refractivity contribution in [3.8, 4) is 0 Å². The normalized spacial score (nSPS) is 28.6. The Kier molecular flexibility index (Phi) is 4.42. The highest BCUT2D eigenvalue weighted by molar-refractivity contribution is 5.86. The Labute approximate surface area is 114 Å². The van der Waals surface area contributed by atoms with Crippen molar-refractivity contribution in [1.29, 1.82) is 0 Å². The van der Waals surface area contributed by atoms with Gasteiger partial charge in [0.15, 0.2) is 0 Å². The lowest BCUT2D eigenvalue weighted by Crippen LogP contribution is -2.40. The predicted octanol–water partition coefficient (Wildman–Crippen LogP) is -0.445. The van der Waals surface area contributed by atoms with E-state index in [0.717, 1.165) is 32.6 Å². The molecule has 19 heavy (non-hydrogen) atoms. The second kappa shape index (κ2) is 5.88. The van der Waals surface area contributed by atoms with Gasteiger partial charge in [0, 0.05) is 45.2 Å². The number of carbonyl (C=O) groups excluding carboxylic acids is 1. The maximum Gasteiger partial charge on any atom is 0.308 e. The summed E-state index contributed by atoms with van der Waals surface area (Å²) in [5, 5.41) is 8.99. The van der Waals surface area contributed by atoms with Gasteiger partial charge in [-0.2, -0.15) is 0 Å². The Morgan fingerprint density at radius 1 is 1.42 bits per heavy atom. The van der Waals surface area contributed by atoms with Gasteiger partial charge in [0.2, 0.25) is 5.91 Å². The number of carboxylic acid groups (broad SMARTS) is 1. The molecule has 6 heteroatoms. The maximum absolute atomic E-state index is 11.9. The third kappa shape index (κ3) is 3.45. The third-order valence-corrected chi connectivity index (χ3v) is 4.06. The zero-order valence-electron chi connectivity index (χ0n) is 11.7. The average Bonchev–Trinajstić information content (AvgIpc) is 2.92. The van der Waals surface area contributed by atoms with Crippen LogP contribution in [0, 0.1) is 5.92 Å². The minimum atomic E-state index is -0.849. The fourth-order valence-electron chi connectivity index (χ4n) is 2.86. The number of hydrogen-bond donors (Lipinski definition) is 1. The molecule has 1 amide bonds. The second-order valence-corrected chi connectivity index (χ2v) is 5.83. The molecule has 0 aromatic heterocycles. The van der Waals surface area contributed by atoms with Crippen LogP contribution in [0.25, 0.3) is 0 Å². The fraction of sp³-hybridized carbons (Fsp3) is 0.846. The number of carbonyl (C=O) groups is 2. The minimum absolute atomic E-state index is 0.00635. The summed E-state index contributed by atoms with van der Waals surface area (Å²) in [4.78, 5) is 29.1. The monoisotopic (exact) mass is 269 g/mol. The zero-order valence-corrected chi connectivity index (χ0v) is 11.7. The van der Waals surface area contributed by atoms with Gasteiger partial charge in [0.1, 0.15) is 0 Å². The lowest BCUT2D eigenvalue weighted by atomic mass is 10.1. The van der Waals surface area contributed by atoms with E-state index in [0.29, 0.717) is 6.54 Å². The Balaban J connectivity index is 1.84. The summed E-state index contributed by atoms with van der Waals surface area (Å²) in [5.41, 5.74) is 0. The van der Waals surface area contributed by atoms with Crippen LogP contribution in [0.15, 0.2) is 0 Å². The van der Waals surface area contributed by atoms with E-state index in [1.807, 2.05) is 0 Å². The standard InChI is InChI=1S/C13H23N3O3/c1-14(2)5-6-15-4-3-11(9-15)16-8-10(13(18)19)7-12(16)17/h10-11H,3-9H2,1-2H3,(H,18,19). The van der Waals surface area contributed by atoms with Crippen LogP contribution in [0.4, 0.5) is 0 Å². The van der Waals surface area contributed by atoms with E-state index in [9.17, 15) is 9.59 Å². The molecule has 1 N–H and O–H groups in total. The van der Waals surface area contributed by atoms with Crippen molar-refractivity contribution >= 4 is 11.9 Å². The Hall–Kier alpha value is -1.14. The molecule has 2 atom stereocenters. The number of amides is 1. The van der Waals surface area contributed by atoms with E-state index in [1.165, 1.54) is 0 Å². The van der Waals surface area contributed by atoms with Crippen LogP contribution in [0.1, 0.15) is 12.8 Å². The molecular formula is C13H23N3O3. The molecule has 6 nitrogen and oxygen atoms in total. The summed E-state index contributed by atoms with van der Waals surface area (Å²) in [7, 11) is 4.10. The van der Waals surface area contributed by atoms with Gasteiger partial charge in [-0.15, -0.1) is 0 Å². The summed E-state index contributed by atoms with van der Waals surface area (Å²) in [6, 6.07) is 0.207. The van der Waals surface area contributed by atoms with E-state index in [1.54, 1.807) is 4.90 Å². The first-order valence-electron chi connectivity index (χ1n) is 6.86. The van der Waals surface area contributed by atoms with E-state index in [4.69, 9.17) is 5.11 Å². The van der Waals surface area contributed by atoms with Crippen molar-refractivity contribution in [2.75, 3.05) is 46.8 Å². The molecular weight excluding hydrogens is 246 g/mol. The molecule has 2 saturated heterocycles. The molecule has 2 aliphatic heterocycles. The molecule has 2 aliphatic rings. The molecule has 2 rings (SSSR count). The summed E-state index contributed by atoms with van der Waals surface area (Å²) in [5.74, 6) is -1.35. The van der Waals surface area contributed by atoms with E-state index in [-0.39, 0.29) is 18.4 Å². The highest BCUT2D eigenvalue weighted by Crippen LogP contribution is 2.25. The first-order valence-corrected chi connectivity index (χ1v) is 6.86. The first-order chi connectivity index (χ1) is 8.97. The van der Waals surface area contributed by atoms with Gasteiger partial charge in [0.05, 0.1) is 5.92 Å².